The van der Waals surface area contributed by atoms with Crippen molar-refractivity contribution in [2.75, 3.05) is 0 Å². The molecule has 0 aromatic carbocycles. The minimum atomic E-state index is -2.98. The standard InChI is InChI=1S/C8H5ClF3NO/c1-3-5(10)2-4(8(11)12)6(13-3)7(9)14/h2,8H,1H3. The van der Waals surface area contributed by atoms with Crippen molar-refractivity contribution in [1.82, 2.24) is 4.98 Å². The van der Waals surface area contributed by atoms with Gasteiger partial charge >= 0.3 is 0 Å². The van der Waals surface area contributed by atoms with Crippen molar-refractivity contribution in [3.05, 3.63) is 28.8 Å². The van der Waals surface area contributed by atoms with E-state index in [1.807, 2.05) is 0 Å². The van der Waals surface area contributed by atoms with E-state index in [0.29, 0.717) is 6.07 Å². The van der Waals surface area contributed by atoms with Crippen molar-refractivity contribution < 1.29 is 18.0 Å². The van der Waals surface area contributed by atoms with Crippen LogP contribution >= 0.6 is 11.6 Å². The van der Waals surface area contributed by atoms with E-state index in [9.17, 15) is 18.0 Å². The van der Waals surface area contributed by atoms with Gasteiger partial charge in [-0.05, 0) is 24.6 Å². The second-order valence-electron chi connectivity index (χ2n) is 2.57. The largest absolute Gasteiger partial charge is 0.274 e. The van der Waals surface area contributed by atoms with Crippen LogP contribution in [-0.2, 0) is 0 Å². The summed E-state index contributed by atoms with van der Waals surface area (Å²) < 4.78 is 37.4. The molecule has 1 heterocycles. The molecule has 0 unspecified atom stereocenters. The Bertz CT molecular complexity index is 381. The van der Waals surface area contributed by atoms with Crippen molar-refractivity contribution in [3.8, 4) is 0 Å². The van der Waals surface area contributed by atoms with E-state index in [4.69, 9.17) is 11.6 Å². The third kappa shape index (κ3) is 2.04. The predicted octanol–water partition coefficient (Wildman–Crippen LogP) is 2.85. The summed E-state index contributed by atoms with van der Waals surface area (Å²) in [6.07, 6.45) is -2.98. The van der Waals surface area contributed by atoms with Crippen LogP contribution in [0.5, 0.6) is 0 Å². The molecule has 0 atom stereocenters. The molecule has 0 radical (unpaired) electrons. The average Bonchev–Trinajstić information content (AvgIpc) is 2.08. The zero-order chi connectivity index (χ0) is 10.9. The Labute approximate surface area is 82.7 Å². The Morgan fingerprint density at radius 2 is 2.14 bits per heavy atom. The lowest BCUT2D eigenvalue weighted by molar-refractivity contribution is 0.106. The van der Waals surface area contributed by atoms with Gasteiger partial charge in [0.1, 0.15) is 11.5 Å². The third-order valence-electron chi connectivity index (χ3n) is 1.60. The predicted molar refractivity (Wildman–Crippen MR) is 44.1 cm³/mol. The molecule has 1 aromatic heterocycles. The number of halogens is 4. The summed E-state index contributed by atoms with van der Waals surface area (Å²) in [6.45, 7) is 1.26. The minimum Gasteiger partial charge on any atom is -0.274 e. The first-order valence-electron chi connectivity index (χ1n) is 3.58. The molecule has 0 N–H and O–H groups in total. The van der Waals surface area contributed by atoms with Gasteiger partial charge in [-0.15, -0.1) is 0 Å². The highest BCUT2D eigenvalue weighted by atomic mass is 35.5. The number of aromatic nitrogens is 1. The number of pyridine rings is 1. The van der Waals surface area contributed by atoms with Gasteiger partial charge in [0.05, 0.1) is 11.3 Å². The number of alkyl halides is 2. The molecule has 76 valence electrons. The summed E-state index contributed by atoms with van der Waals surface area (Å²) in [5.41, 5.74) is -1.52. The van der Waals surface area contributed by atoms with E-state index < -0.39 is 28.7 Å². The molecule has 14 heavy (non-hydrogen) atoms. The Balaban J connectivity index is 3.39. The van der Waals surface area contributed by atoms with E-state index in [1.54, 1.807) is 0 Å². The fraction of sp³-hybridized carbons (Fsp3) is 0.250. The molecular formula is C8H5ClF3NO. The SMILES string of the molecule is Cc1nc(C(=O)Cl)c(C(F)F)cc1F. The van der Waals surface area contributed by atoms with Crippen molar-refractivity contribution in [3.63, 3.8) is 0 Å². The minimum absolute atomic E-state index is 0.140. The normalized spacial score (nSPS) is 10.7. The molecule has 2 nitrogen and oxygen atoms in total. The molecule has 1 aromatic rings. The van der Waals surface area contributed by atoms with Crippen LogP contribution in [0.3, 0.4) is 0 Å². The highest BCUT2D eigenvalue weighted by molar-refractivity contribution is 6.67. The summed E-state index contributed by atoms with van der Waals surface area (Å²) in [5, 5.41) is -1.12. The van der Waals surface area contributed by atoms with Crippen LogP contribution in [0.1, 0.15) is 28.2 Å². The Morgan fingerprint density at radius 3 is 2.57 bits per heavy atom. The number of aryl methyl sites for hydroxylation is 1. The van der Waals surface area contributed by atoms with Crippen molar-refractivity contribution >= 4 is 16.8 Å². The monoisotopic (exact) mass is 223 g/mol. The zero-order valence-electron chi connectivity index (χ0n) is 7.02. The molecule has 0 aliphatic rings. The molecule has 0 aliphatic heterocycles. The van der Waals surface area contributed by atoms with Crippen LogP contribution in [-0.4, -0.2) is 10.2 Å². The number of nitrogens with zero attached hydrogens (tertiary/aromatic N) is 1. The lowest BCUT2D eigenvalue weighted by Crippen LogP contribution is -2.05. The second kappa shape index (κ2) is 3.96. The fourth-order valence-electron chi connectivity index (χ4n) is 0.919. The number of rotatable bonds is 2. The number of hydrogen-bond acceptors (Lipinski definition) is 2. The molecule has 0 saturated heterocycles. The van der Waals surface area contributed by atoms with Gasteiger partial charge in [0.25, 0.3) is 11.7 Å². The second-order valence-corrected chi connectivity index (χ2v) is 2.91. The van der Waals surface area contributed by atoms with E-state index in [2.05, 4.69) is 4.98 Å². The van der Waals surface area contributed by atoms with Crippen LogP contribution in [0.4, 0.5) is 13.2 Å². The van der Waals surface area contributed by atoms with E-state index in [1.165, 1.54) is 6.92 Å². The first-order chi connectivity index (χ1) is 6.43. The van der Waals surface area contributed by atoms with Gasteiger partial charge in [-0.2, -0.15) is 0 Å². The molecule has 0 fully saturated rings. The van der Waals surface area contributed by atoms with E-state index in [0.717, 1.165) is 0 Å². The zero-order valence-corrected chi connectivity index (χ0v) is 7.78. The average molecular weight is 224 g/mol. The van der Waals surface area contributed by atoms with Crippen molar-refractivity contribution in [1.29, 1.82) is 0 Å². The van der Waals surface area contributed by atoms with Gasteiger partial charge in [-0.1, -0.05) is 0 Å². The first-order valence-corrected chi connectivity index (χ1v) is 3.96. The fourth-order valence-corrected chi connectivity index (χ4v) is 1.07. The molecule has 0 bridgehead atoms. The lowest BCUT2D eigenvalue weighted by Gasteiger charge is -2.05. The van der Waals surface area contributed by atoms with Gasteiger partial charge in [-0.3, -0.25) is 4.79 Å². The molecule has 6 heteroatoms. The lowest BCUT2D eigenvalue weighted by atomic mass is 10.2. The number of carbonyl (C=O) groups is 1. The Morgan fingerprint density at radius 1 is 1.57 bits per heavy atom. The molecule has 0 saturated carbocycles. The molecule has 1 rings (SSSR count). The summed E-state index contributed by atoms with van der Waals surface area (Å²) >= 11 is 5.02. The Kier molecular flexibility index (Phi) is 3.10. The topological polar surface area (TPSA) is 30.0 Å². The maximum absolute atomic E-state index is 12.8. The molecule has 0 amide bonds. The van der Waals surface area contributed by atoms with Crippen molar-refractivity contribution in [2.45, 2.75) is 13.3 Å². The number of carbonyl (C=O) groups excluding carboxylic acids is 1. The van der Waals surface area contributed by atoms with Crippen LogP contribution in [0.25, 0.3) is 0 Å². The molecule has 0 aliphatic carbocycles. The smallest absolute Gasteiger partial charge is 0.271 e. The maximum atomic E-state index is 12.8. The molecule has 0 spiro atoms. The van der Waals surface area contributed by atoms with Crippen molar-refractivity contribution in [2.24, 2.45) is 0 Å². The number of hydrogen-bond donors (Lipinski definition) is 0. The van der Waals surface area contributed by atoms with Crippen LogP contribution in [0.15, 0.2) is 6.07 Å². The third-order valence-corrected chi connectivity index (χ3v) is 1.78. The van der Waals surface area contributed by atoms with Crippen LogP contribution in [0, 0.1) is 12.7 Å². The van der Waals surface area contributed by atoms with Gasteiger partial charge in [0, 0.05) is 0 Å². The summed E-state index contributed by atoms with van der Waals surface area (Å²) in [4.78, 5) is 14.0. The van der Waals surface area contributed by atoms with Gasteiger partial charge < -0.3 is 0 Å². The Hall–Kier alpha value is -1.10. The van der Waals surface area contributed by atoms with Crippen LogP contribution in [0.2, 0.25) is 0 Å². The van der Waals surface area contributed by atoms with Gasteiger partial charge in [0.15, 0.2) is 0 Å². The summed E-state index contributed by atoms with van der Waals surface area (Å²) in [6, 6.07) is 0.572. The van der Waals surface area contributed by atoms with Gasteiger partial charge in [-0.25, -0.2) is 18.2 Å². The summed E-state index contributed by atoms with van der Waals surface area (Å²) in [7, 11) is 0. The van der Waals surface area contributed by atoms with E-state index >= 15 is 0 Å². The first kappa shape index (κ1) is 11.0. The highest BCUT2D eigenvalue weighted by Gasteiger charge is 2.20. The van der Waals surface area contributed by atoms with E-state index in [-0.39, 0.29) is 5.69 Å². The molecular weight excluding hydrogens is 219 g/mol. The maximum Gasteiger partial charge on any atom is 0.271 e. The van der Waals surface area contributed by atoms with Crippen LogP contribution < -0.4 is 0 Å². The highest BCUT2D eigenvalue weighted by Crippen LogP contribution is 2.24. The van der Waals surface area contributed by atoms with Gasteiger partial charge in [0.2, 0.25) is 0 Å². The summed E-state index contributed by atoms with van der Waals surface area (Å²) in [5.74, 6) is -0.887. The quantitative estimate of drug-likeness (QED) is 0.722.